The van der Waals surface area contributed by atoms with Gasteiger partial charge in [-0.3, -0.25) is 14.2 Å². The van der Waals surface area contributed by atoms with Crippen molar-refractivity contribution >= 4 is 5.91 Å². The molecule has 0 radical (unpaired) electrons. The lowest BCUT2D eigenvalue weighted by atomic mass is 10.2. The standard InChI is InChI=1S/C19H21N5O2/c25-14-17-9-18-13-22(7-4-8-24(18)21-17)19(26)16-10-20-23(12-16)11-15-5-2-1-3-6-15/h1-3,5-6,9-10,12,25H,4,7-8,11,13-14H2. The summed E-state index contributed by atoms with van der Waals surface area (Å²) < 4.78 is 3.67. The zero-order chi connectivity index (χ0) is 17.9. The number of hydrogen-bond donors (Lipinski definition) is 1. The molecule has 7 heteroatoms. The number of carbonyl (C=O) groups excluding carboxylic acids is 1. The maximum atomic E-state index is 12.9. The largest absolute Gasteiger partial charge is 0.390 e. The maximum absolute atomic E-state index is 12.9. The summed E-state index contributed by atoms with van der Waals surface area (Å²) in [6.07, 6.45) is 4.27. The third-order valence-electron chi connectivity index (χ3n) is 4.58. The highest BCUT2D eigenvalue weighted by atomic mass is 16.3. The lowest BCUT2D eigenvalue weighted by Crippen LogP contribution is -2.30. The van der Waals surface area contributed by atoms with Gasteiger partial charge >= 0.3 is 0 Å². The number of aliphatic hydroxyl groups is 1. The van der Waals surface area contributed by atoms with Gasteiger partial charge in [0.15, 0.2) is 0 Å². The monoisotopic (exact) mass is 351 g/mol. The van der Waals surface area contributed by atoms with Crippen molar-refractivity contribution in [2.45, 2.75) is 32.7 Å². The molecular formula is C19H21N5O2. The number of hydrogen-bond acceptors (Lipinski definition) is 4. The van der Waals surface area contributed by atoms with Crippen molar-refractivity contribution in [3.8, 4) is 0 Å². The van der Waals surface area contributed by atoms with Crippen LogP contribution in [0.5, 0.6) is 0 Å². The molecule has 1 aromatic carbocycles. The molecule has 3 aromatic rings. The van der Waals surface area contributed by atoms with Crippen LogP contribution >= 0.6 is 0 Å². The van der Waals surface area contributed by atoms with Crippen molar-refractivity contribution < 1.29 is 9.90 Å². The second-order valence-electron chi connectivity index (χ2n) is 6.50. The highest BCUT2D eigenvalue weighted by Gasteiger charge is 2.22. The summed E-state index contributed by atoms with van der Waals surface area (Å²) in [5.41, 5.74) is 3.34. The highest BCUT2D eigenvalue weighted by molar-refractivity contribution is 5.93. The minimum Gasteiger partial charge on any atom is -0.390 e. The minimum atomic E-state index is -0.0831. The van der Waals surface area contributed by atoms with Gasteiger partial charge in [0.25, 0.3) is 5.91 Å². The average Bonchev–Trinajstić information content (AvgIpc) is 3.23. The van der Waals surface area contributed by atoms with E-state index in [9.17, 15) is 9.90 Å². The molecular weight excluding hydrogens is 330 g/mol. The molecule has 4 rings (SSSR count). The van der Waals surface area contributed by atoms with E-state index in [2.05, 4.69) is 10.2 Å². The summed E-state index contributed by atoms with van der Waals surface area (Å²) in [5, 5.41) is 18.0. The van der Waals surface area contributed by atoms with Crippen LogP contribution in [0.3, 0.4) is 0 Å². The summed E-state index contributed by atoms with van der Waals surface area (Å²) in [6, 6.07) is 11.9. The molecule has 0 saturated heterocycles. The molecule has 0 spiro atoms. The van der Waals surface area contributed by atoms with Crippen LogP contribution in [-0.2, 0) is 26.2 Å². The third kappa shape index (κ3) is 3.39. The average molecular weight is 351 g/mol. The van der Waals surface area contributed by atoms with Gasteiger partial charge in [-0.15, -0.1) is 0 Å². The fraction of sp³-hybridized carbons (Fsp3) is 0.316. The first-order valence-corrected chi connectivity index (χ1v) is 8.75. The maximum Gasteiger partial charge on any atom is 0.257 e. The Labute approximate surface area is 151 Å². The van der Waals surface area contributed by atoms with Crippen LogP contribution in [0.15, 0.2) is 48.8 Å². The van der Waals surface area contributed by atoms with E-state index in [0.717, 1.165) is 24.2 Å². The molecule has 2 aromatic heterocycles. The number of aryl methyl sites for hydroxylation is 1. The van der Waals surface area contributed by atoms with Gasteiger partial charge in [0.1, 0.15) is 0 Å². The van der Waals surface area contributed by atoms with Crippen molar-refractivity contribution in [3.63, 3.8) is 0 Å². The summed E-state index contributed by atoms with van der Waals surface area (Å²) in [4.78, 5) is 14.7. The zero-order valence-corrected chi connectivity index (χ0v) is 14.5. The molecule has 0 unspecified atom stereocenters. The molecule has 0 saturated carbocycles. The fourth-order valence-corrected chi connectivity index (χ4v) is 3.29. The van der Waals surface area contributed by atoms with E-state index < -0.39 is 0 Å². The first kappa shape index (κ1) is 16.5. The van der Waals surface area contributed by atoms with Crippen molar-refractivity contribution in [2.75, 3.05) is 6.54 Å². The number of aromatic nitrogens is 4. The summed E-state index contributed by atoms with van der Waals surface area (Å²) >= 11 is 0. The zero-order valence-electron chi connectivity index (χ0n) is 14.5. The van der Waals surface area contributed by atoms with Crippen LogP contribution in [0.4, 0.5) is 0 Å². The topological polar surface area (TPSA) is 76.2 Å². The quantitative estimate of drug-likeness (QED) is 0.776. The van der Waals surface area contributed by atoms with E-state index >= 15 is 0 Å². The Morgan fingerprint density at radius 3 is 2.85 bits per heavy atom. The highest BCUT2D eigenvalue weighted by Crippen LogP contribution is 2.16. The summed E-state index contributed by atoms with van der Waals surface area (Å²) in [7, 11) is 0. The Morgan fingerprint density at radius 2 is 2.04 bits per heavy atom. The van der Waals surface area contributed by atoms with Gasteiger partial charge in [-0.05, 0) is 18.1 Å². The van der Waals surface area contributed by atoms with Crippen LogP contribution in [0.2, 0.25) is 0 Å². The Hall–Kier alpha value is -2.93. The van der Waals surface area contributed by atoms with Gasteiger partial charge in [0.2, 0.25) is 0 Å². The van der Waals surface area contributed by atoms with Gasteiger partial charge < -0.3 is 10.0 Å². The number of nitrogens with zero attached hydrogens (tertiary/aromatic N) is 5. The minimum absolute atomic E-state index is 0.0236. The normalized spacial score (nSPS) is 14.1. The molecule has 7 nitrogen and oxygen atoms in total. The molecule has 0 bridgehead atoms. The third-order valence-corrected chi connectivity index (χ3v) is 4.58. The molecule has 1 amide bonds. The van der Waals surface area contributed by atoms with Gasteiger partial charge in [-0.2, -0.15) is 10.2 Å². The summed E-state index contributed by atoms with van der Waals surface area (Å²) in [6.45, 7) is 2.49. The van der Waals surface area contributed by atoms with Crippen LogP contribution in [0.1, 0.15) is 33.7 Å². The Morgan fingerprint density at radius 1 is 1.19 bits per heavy atom. The lowest BCUT2D eigenvalue weighted by Gasteiger charge is -2.19. The number of carbonyl (C=O) groups is 1. The number of rotatable bonds is 4. The van der Waals surface area contributed by atoms with Crippen molar-refractivity contribution in [2.24, 2.45) is 0 Å². The Balaban J connectivity index is 1.49. The second kappa shape index (κ2) is 7.13. The van der Waals surface area contributed by atoms with E-state index in [4.69, 9.17) is 0 Å². The van der Waals surface area contributed by atoms with E-state index in [1.807, 2.05) is 46.0 Å². The number of aliphatic hydroxyl groups excluding tert-OH is 1. The van der Waals surface area contributed by atoms with Gasteiger partial charge in [0.05, 0.1) is 42.8 Å². The molecule has 1 N–H and O–H groups in total. The number of fused-ring (bicyclic) bond motifs is 1. The smallest absolute Gasteiger partial charge is 0.257 e. The molecule has 3 heterocycles. The van der Waals surface area contributed by atoms with E-state index in [0.29, 0.717) is 30.9 Å². The molecule has 0 aliphatic carbocycles. The predicted molar refractivity (Wildman–Crippen MR) is 95.3 cm³/mol. The van der Waals surface area contributed by atoms with E-state index in [1.165, 1.54) is 0 Å². The molecule has 26 heavy (non-hydrogen) atoms. The lowest BCUT2D eigenvalue weighted by molar-refractivity contribution is 0.0745. The Kier molecular flexibility index (Phi) is 4.53. The molecule has 0 atom stereocenters. The van der Waals surface area contributed by atoms with Crippen molar-refractivity contribution in [1.29, 1.82) is 0 Å². The first-order chi connectivity index (χ1) is 12.7. The van der Waals surface area contributed by atoms with Gasteiger partial charge in [0, 0.05) is 19.3 Å². The van der Waals surface area contributed by atoms with Gasteiger partial charge in [-0.25, -0.2) is 0 Å². The van der Waals surface area contributed by atoms with Crippen molar-refractivity contribution in [3.05, 3.63) is 71.3 Å². The van der Waals surface area contributed by atoms with Crippen molar-refractivity contribution in [1.82, 2.24) is 24.5 Å². The SMILES string of the molecule is O=C(c1cnn(Cc2ccccc2)c1)N1CCCn2nc(CO)cc2C1. The van der Waals surface area contributed by atoms with Crippen LogP contribution < -0.4 is 0 Å². The summed E-state index contributed by atoms with van der Waals surface area (Å²) in [5.74, 6) is -0.0236. The van der Waals surface area contributed by atoms with Gasteiger partial charge in [-0.1, -0.05) is 30.3 Å². The molecule has 1 aliphatic heterocycles. The van der Waals surface area contributed by atoms with Crippen LogP contribution in [0, 0.1) is 0 Å². The molecule has 0 fully saturated rings. The van der Waals surface area contributed by atoms with Crippen LogP contribution in [-0.4, -0.2) is 42.0 Å². The Bertz CT molecular complexity index is 900. The van der Waals surface area contributed by atoms with Crippen LogP contribution in [0.25, 0.3) is 0 Å². The molecule has 1 aliphatic rings. The first-order valence-electron chi connectivity index (χ1n) is 8.75. The van der Waals surface area contributed by atoms with E-state index in [-0.39, 0.29) is 12.5 Å². The number of amides is 1. The fourth-order valence-electron chi connectivity index (χ4n) is 3.29. The van der Waals surface area contributed by atoms with E-state index in [1.54, 1.807) is 17.1 Å². The predicted octanol–water partition coefficient (Wildman–Crippen LogP) is 1.67. The number of benzene rings is 1. The molecule has 134 valence electrons. The second-order valence-corrected chi connectivity index (χ2v) is 6.50.